The molecule has 0 saturated heterocycles. The average molecular weight is 416 g/mol. The van der Waals surface area contributed by atoms with Crippen molar-refractivity contribution in [1.29, 1.82) is 0 Å². The fraction of sp³-hybridized carbons (Fsp3) is 0.211. The molecular formula is C19H20N4O7. The largest absolute Gasteiger partial charge is 0.494 e. The van der Waals surface area contributed by atoms with Gasteiger partial charge in [-0.05, 0) is 32.1 Å². The highest BCUT2D eigenvalue weighted by atomic mass is 16.5. The number of H-pyrrole nitrogens is 2. The van der Waals surface area contributed by atoms with Crippen molar-refractivity contribution < 1.29 is 24.2 Å². The summed E-state index contributed by atoms with van der Waals surface area (Å²) in [4.78, 5) is 55.8. The van der Waals surface area contributed by atoms with Crippen molar-refractivity contribution in [2.24, 2.45) is 0 Å². The second kappa shape index (κ2) is 10.4. The summed E-state index contributed by atoms with van der Waals surface area (Å²) in [5, 5.41) is 12.4. The molecule has 0 fully saturated rings. The molecule has 0 radical (unpaired) electrons. The van der Waals surface area contributed by atoms with E-state index in [9.17, 15) is 24.3 Å². The molecule has 0 saturated carbocycles. The molecule has 0 unspecified atom stereocenters. The van der Waals surface area contributed by atoms with Crippen molar-refractivity contribution in [3.05, 3.63) is 68.4 Å². The van der Waals surface area contributed by atoms with E-state index in [-0.39, 0.29) is 30.2 Å². The summed E-state index contributed by atoms with van der Waals surface area (Å²) in [5.74, 6) is -2.31. The Morgan fingerprint density at radius 2 is 1.83 bits per heavy atom. The van der Waals surface area contributed by atoms with Gasteiger partial charge < -0.3 is 19.9 Å². The zero-order chi connectivity index (χ0) is 22.1. The first-order valence-electron chi connectivity index (χ1n) is 8.87. The Balaban J connectivity index is 2.52. The highest BCUT2D eigenvalue weighted by Crippen LogP contribution is 2.15. The number of carbonyl (C=O) groups is 2. The quantitative estimate of drug-likeness (QED) is 0.349. The van der Waals surface area contributed by atoms with Crippen LogP contribution in [0.3, 0.4) is 0 Å². The second-order valence-electron chi connectivity index (χ2n) is 5.59. The number of nitrogens with zero attached hydrogens (tertiary/aromatic N) is 1. The van der Waals surface area contributed by atoms with E-state index >= 15 is 0 Å². The monoisotopic (exact) mass is 416 g/mol. The zero-order valence-electron chi connectivity index (χ0n) is 16.2. The summed E-state index contributed by atoms with van der Waals surface area (Å²) in [6.07, 6.45) is 3.61. The number of aromatic hydroxyl groups is 1. The first-order chi connectivity index (χ1) is 14.4. The van der Waals surface area contributed by atoms with Crippen molar-refractivity contribution >= 4 is 23.6 Å². The van der Waals surface area contributed by atoms with Gasteiger partial charge in [-0.15, -0.1) is 0 Å². The average Bonchev–Trinajstić information content (AvgIpc) is 2.70. The van der Waals surface area contributed by atoms with Crippen LogP contribution >= 0.6 is 0 Å². The molecule has 158 valence electrons. The van der Waals surface area contributed by atoms with E-state index in [0.29, 0.717) is 0 Å². The molecule has 0 aliphatic rings. The predicted octanol–water partition coefficient (Wildman–Crippen LogP) is 0.262. The zero-order valence-corrected chi connectivity index (χ0v) is 16.2. The molecule has 0 amide bonds. The third-order valence-electron chi connectivity index (χ3n) is 3.55. The number of hydrogen-bond acceptors (Lipinski definition) is 9. The third-order valence-corrected chi connectivity index (χ3v) is 3.55. The molecular weight excluding hydrogens is 396 g/mol. The van der Waals surface area contributed by atoms with Crippen LogP contribution in [0.1, 0.15) is 25.1 Å². The minimum Gasteiger partial charge on any atom is -0.494 e. The molecule has 0 atom stereocenters. The van der Waals surface area contributed by atoms with E-state index < -0.39 is 34.6 Å². The fourth-order valence-electron chi connectivity index (χ4n) is 2.25. The summed E-state index contributed by atoms with van der Waals surface area (Å²) in [6.45, 7) is 3.36. The maximum absolute atomic E-state index is 12.3. The lowest BCUT2D eigenvalue weighted by molar-refractivity contribution is -0.139. The highest BCUT2D eigenvalue weighted by molar-refractivity contribution is 6.15. The standard InChI is InChI=1S/C19H20N4O7/c1-3-29-17(26)12(13-7-5-6-8-20-13)10-21-14(18(27)30-4-2)9-11-15(24)22-19(28)23-16(11)25/h5-10,21H,3-4H2,1-2H3,(H3,22,23,24,25,28)/b12-10+,14-9-. The molecule has 2 aromatic heterocycles. The third kappa shape index (κ3) is 5.67. The van der Waals surface area contributed by atoms with Gasteiger partial charge >= 0.3 is 17.6 Å². The number of nitrogens with one attached hydrogen (secondary N) is 3. The Morgan fingerprint density at radius 3 is 2.43 bits per heavy atom. The summed E-state index contributed by atoms with van der Waals surface area (Å²) in [6, 6.07) is 4.89. The lowest BCUT2D eigenvalue weighted by Crippen LogP contribution is -2.25. The van der Waals surface area contributed by atoms with E-state index in [1.165, 1.54) is 12.4 Å². The topological polar surface area (TPSA) is 163 Å². The molecule has 30 heavy (non-hydrogen) atoms. The highest BCUT2D eigenvalue weighted by Gasteiger charge is 2.18. The van der Waals surface area contributed by atoms with Gasteiger partial charge in [0.2, 0.25) is 5.88 Å². The molecule has 0 spiro atoms. The maximum Gasteiger partial charge on any atom is 0.354 e. The molecule has 0 aromatic carbocycles. The van der Waals surface area contributed by atoms with Crippen molar-refractivity contribution in [3.63, 3.8) is 0 Å². The van der Waals surface area contributed by atoms with Crippen LogP contribution < -0.4 is 16.6 Å². The lowest BCUT2D eigenvalue weighted by atomic mass is 10.2. The Labute approximate surface area is 170 Å². The Kier molecular flexibility index (Phi) is 7.68. The van der Waals surface area contributed by atoms with Gasteiger partial charge in [-0.1, -0.05) is 6.07 Å². The summed E-state index contributed by atoms with van der Waals surface area (Å²) < 4.78 is 9.94. The normalized spacial score (nSPS) is 11.7. The smallest absolute Gasteiger partial charge is 0.354 e. The Hall–Kier alpha value is -4.15. The molecule has 0 aliphatic heterocycles. The molecule has 2 aromatic rings. The van der Waals surface area contributed by atoms with E-state index in [2.05, 4.69) is 10.3 Å². The Morgan fingerprint density at radius 1 is 1.13 bits per heavy atom. The van der Waals surface area contributed by atoms with Gasteiger partial charge in [-0.2, -0.15) is 0 Å². The minimum absolute atomic E-state index is 0.00671. The molecule has 11 heteroatoms. The van der Waals surface area contributed by atoms with Crippen LogP contribution in [-0.4, -0.2) is 45.2 Å². The molecule has 11 nitrogen and oxygen atoms in total. The van der Waals surface area contributed by atoms with Crippen LogP contribution in [-0.2, 0) is 19.1 Å². The first-order valence-corrected chi connectivity index (χ1v) is 8.87. The van der Waals surface area contributed by atoms with Crippen molar-refractivity contribution in [3.8, 4) is 5.88 Å². The van der Waals surface area contributed by atoms with Gasteiger partial charge in [0.25, 0.3) is 5.56 Å². The van der Waals surface area contributed by atoms with Crippen LogP contribution in [0.15, 0.2) is 45.9 Å². The number of rotatable bonds is 8. The van der Waals surface area contributed by atoms with Crippen LogP contribution in [0.4, 0.5) is 0 Å². The second-order valence-corrected chi connectivity index (χ2v) is 5.59. The number of hydrogen-bond donors (Lipinski definition) is 4. The first kappa shape index (κ1) is 22.1. The number of aromatic amines is 2. The fourth-order valence-corrected chi connectivity index (χ4v) is 2.25. The number of pyridine rings is 1. The summed E-state index contributed by atoms with van der Waals surface area (Å²) in [5.41, 5.74) is -2.25. The molecule has 4 N–H and O–H groups in total. The summed E-state index contributed by atoms with van der Waals surface area (Å²) >= 11 is 0. The number of esters is 2. The van der Waals surface area contributed by atoms with E-state index in [1.807, 2.05) is 9.97 Å². The van der Waals surface area contributed by atoms with Gasteiger partial charge in [0.05, 0.1) is 18.9 Å². The van der Waals surface area contributed by atoms with Crippen LogP contribution in [0.5, 0.6) is 5.88 Å². The van der Waals surface area contributed by atoms with Crippen molar-refractivity contribution in [1.82, 2.24) is 20.3 Å². The van der Waals surface area contributed by atoms with Crippen molar-refractivity contribution in [2.45, 2.75) is 13.8 Å². The van der Waals surface area contributed by atoms with Gasteiger partial charge in [0.15, 0.2) is 0 Å². The van der Waals surface area contributed by atoms with Gasteiger partial charge in [0.1, 0.15) is 16.8 Å². The van der Waals surface area contributed by atoms with Crippen molar-refractivity contribution in [2.75, 3.05) is 13.2 Å². The molecule has 0 bridgehead atoms. The van der Waals surface area contributed by atoms with Gasteiger partial charge in [-0.25, -0.2) is 14.4 Å². The summed E-state index contributed by atoms with van der Waals surface area (Å²) in [7, 11) is 0. The van der Waals surface area contributed by atoms with E-state index in [0.717, 1.165) is 6.08 Å². The van der Waals surface area contributed by atoms with Crippen LogP contribution in [0.25, 0.3) is 11.6 Å². The molecule has 0 aliphatic carbocycles. The van der Waals surface area contributed by atoms with E-state index in [4.69, 9.17) is 9.47 Å². The lowest BCUT2D eigenvalue weighted by Gasteiger charge is -2.10. The maximum atomic E-state index is 12.3. The minimum atomic E-state index is -0.931. The number of ether oxygens (including phenoxy) is 2. The van der Waals surface area contributed by atoms with Crippen LogP contribution in [0.2, 0.25) is 0 Å². The molecule has 2 heterocycles. The number of carbonyl (C=O) groups excluding carboxylic acids is 2. The SMILES string of the molecule is CCOC(=O)/C(=C/c1c(O)[nH]c(=O)[nH]c1=O)N/C=C(/C(=O)OCC)c1ccccn1. The number of aromatic nitrogens is 3. The van der Waals surface area contributed by atoms with Crippen LogP contribution in [0, 0.1) is 0 Å². The van der Waals surface area contributed by atoms with Gasteiger partial charge in [-0.3, -0.25) is 19.7 Å². The van der Waals surface area contributed by atoms with Gasteiger partial charge in [0, 0.05) is 12.4 Å². The Bertz CT molecular complexity index is 1080. The van der Waals surface area contributed by atoms with E-state index in [1.54, 1.807) is 32.0 Å². The predicted molar refractivity (Wildman–Crippen MR) is 106 cm³/mol. The molecule has 2 rings (SSSR count).